The van der Waals surface area contributed by atoms with Crippen LogP contribution >= 0.6 is 47.1 Å². The molecule has 3 aromatic rings. The molecule has 0 saturated carbocycles. The van der Waals surface area contributed by atoms with E-state index in [0.717, 1.165) is 20.1 Å². The lowest BCUT2D eigenvalue weighted by atomic mass is 10.2. The Bertz CT molecular complexity index is 1300. The minimum Gasteiger partial charge on any atom is -0.293 e. The number of hydrogen-bond acceptors (Lipinski definition) is 8. The first-order valence-electron chi connectivity index (χ1n) is 11.0. The van der Waals surface area contributed by atoms with Gasteiger partial charge in [-0.05, 0) is 30.2 Å². The van der Waals surface area contributed by atoms with Gasteiger partial charge in [0.25, 0.3) is 5.91 Å². The zero-order valence-corrected chi connectivity index (χ0v) is 22.3. The Hall–Kier alpha value is -2.99. The van der Waals surface area contributed by atoms with E-state index in [2.05, 4.69) is 15.8 Å². The van der Waals surface area contributed by atoms with Gasteiger partial charge in [-0.3, -0.25) is 30.1 Å². The number of thiazole rings is 1. The predicted octanol–water partition coefficient (Wildman–Crippen LogP) is 4.77. The van der Waals surface area contributed by atoms with Gasteiger partial charge in [-0.2, -0.15) is 0 Å². The summed E-state index contributed by atoms with van der Waals surface area (Å²) in [5.74, 6) is -0.677. The van der Waals surface area contributed by atoms with Crippen molar-refractivity contribution >= 4 is 85.4 Å². The van der Waals surface area contributed by atoms with Crippen LogP contribution in [0.25, 0.3) is 16.3 Å². The van der Waals surface area contributed by atoms with Gasteiger partial charge < -0.3 is 0 Å². The van der Waals surface area contributed by atoms with Gasteiger partial charge in [-0.1, -0.05) is 90.4 Å². The molecule has 7 nitrogen and oxygen atoms in total. The molecule has 0 spiro atoms. The highest BCUT2D eigenvalue weighted by Gasteiger charge is 2.31. The first-order valence-corrected chi connectivity index (χ1v) is 14.1. The van der Waals surface area contributed by atoms with Crippen molar-refractivity contribution in [3.8, 4) is 0 Å². The molecular formula is C25H22N4O3S4. The number of fused-ring (bicyclic) bond motifs is 1. The Morgan fingerprint density at radius 3 is 2.61 bits per heavy atom. The molecule has 11 heteroatoms. The zero-order chi connectivity index (χ0) is 25.3. The number of carbonyl (C=O) groups excluding carboxylic acids is 3. The molecule has 1 aliphatic heterocycles. The minimum absolute atomic E-state index is 0.141. The van der Waals surface area contributed by atoms with Crippen LogP contribution in [0.1, 0.15) is 18.4 Å². The van der Waals surface area contributed by atoms with E-state index in [4.69, 9.17) is 12.2 Å². The van der Waals surface area contributed by atoms with E-state index in [9.17, 15) is 14.4 Å². The second-order valence-electron chi connectivity index (χ2n) is 7.56. The molecule has 0 aliphatic carbocycles. The van der Waals surface area contributed by atoms with Crippen LogP contribution in [-0.2, 0) is 14.4 Å². The summed E-state index contributed by atoms with van der Waals surface area (Å²) in [5, 5.41) is 0. The Balaban J connectivity index is 1.15. The van der Waals surface area contributed by atoms with Crippen molar-refractivity contribution < 1.29 is 14.4 Å². The van der Waals surface area contributed by atoms with Crippen molar-refractivity contribution in [3.05, 3.63) is 77.2 Å². The van der Waals surface area contributed by atoms with E-state index in [-0.39, 0.29) is 29.9 Å². The van der Waals surface area contributed by atoms with Crippen LogP contribution in [-0.4, -0.2) is 44.2 Å². The fourth-order valence-corrected chi connectivity index (χ4v) is 6.32. The molecule has 3 amide bonds. The molecule has 1 aliphatic rings. The Morgan fingerprint density at radius 1 is 1.06 bits per heavy atom. The van der Waals surface area contributed by atoms with Crippen LogP contribution in [0.5, 0.6) is 0 Å². The molecule has 4 rings (SSSR count). The third-order valence-electron chi connectivity index (χ3n) is 4.94. The van der Waals surface area contributed by atoms with Gasteiger partial charge in [0, 0.05) is 13.0 Å². The number of nitrogens with one attached hydrogen (secondary N) is 2. The van der Waals surface area contributed by atoms with Crippen LogP contribution in [0.3, 0.4) is 0 Å². The number of allylic oxidation sites excluding steroid dienone is 2. The lowest BCUT2D eigenvalue weighted by molar-refractivity contribution is -0.128. The SMILES string of the molecule is O=C(CCCN1C(=O)/C(=C/C=C/c2ccccc2)SC1=S)NNC(=O)CSc1nc2ccccc2s1. The average molecular weight is 555 g/mol. The topological polar surface area (TPSA) is 91.4 Å². The Labute approximate surface area is 226 Å². The van der Waals surface area contributed by atoms with Crippen molar-refractivity contribution in [3.63, 3.8) is 0 Å². The molecule has 0 atom stereocenters. The van der Waals surface area contributed by atoms with Crippen LogP contribution in [0.15, 0.2) is 76.0 Å². The van der Waals surface area contributed by atoms with Gasteiger partial charge in [-0.15, -0.1) is 11.3 Å². The van der Waals surface area contributed by atoms with Gasteiger partial charge in [0.2, 0.25) is 11.8 Å². The van der Waals surface area contributed by atoms with Crippen LogP contribution in [0, 0.1) is 0 Å². The third-order valence-corrected chi connectivity index (χ3v) is 8.51. The summed E-state index contributed by atoms with van der Waals surface area (Å²) in [6.07, 6.45) is 6.06. The molecular weight excluding hydrogens is 533 g/mol. The standard InChI is InChI=1S/C25H22N4O3S4/c30-21(27-28-22(31)16-34-24-26-18-11-4-5-12-19(18)35-24)14-7-15-29-23(32)20(36-25(29)33)13-6-10-17-8-2-1-3-9-17/h1-6,8-13H,7,14-16H2,(H,27,30)(H,28,31)/b10-6+,20-13-. The molecule has 1 saturated heterocycles. The molecule has 2 heterocycles. The molecule has 0 bridgehead atoms. The molecule has 1 aromatic heterocycles. The molecule has 2 aromatic carbocycles. The van der Waals surface area contributed by atoms with Gasteiger partial charge >= 0.3 is 0 Å². The maximum Gasteiger partial charge on any atom is 0.266 e. The first kappa shape index (κ1) is 26.1. The first-order chi connectivity index (χ1) is 17.5. The Morgan fingerprint density at radius 2 is 1.81 bits per heavy atom. The second kappa shape index (κ2) is 12.8. The summed E-state index contributed by atoms with van der Waals surface area (Å²) in [5.41, 5.74) is 6.77. The highest BCUT2D eigenvalue weighted by molar-refractivity contribution is 8.26. The molecule has 0 radical (unpaired) electrons. The van der Waals surface area contributed by atoms with Gasteiger partial charge in [0.05, 0.1) is 20.9 Å². The quantitative estimate of drug-likeness (QED) is 0.170. The number of rotatable bonds is 9. The predicted molar refractivity (Wildman–Crippen MR) is 151 cm³/mol. The second-order valence-corrected chi connectivity index (χ2v) is 11.5. The number of aromatic nitrogens is 1. The number of amides is 3. The number of para-hydroxylation sites is 1. The maximum atomic E-state index is 12.6. The minimum atomic E-state index is -0.333. The summed E-state index contributed by atoms with van der Waals surface area (Å²) < 4.78 is 2.33. The lowest BCUT2D eigenvalue weighted by Gasteiger charge is -2.14. The summed E-state index contributed by atoms with van der Waals surface area (Å²) >= 11 is 9.42. The number of nitrogens with zero attached hydrogens (tertiary/aromatic N) is 2. The smallest absolute Gasteiger partial charge is 0.266 e. The van der Waals surface area contributed by atoms with Crippen LogP contribution in [0.4, 0.5) is 0 Å². The van der Waals surface area contributed by atoms with Crippen molar-refractivity contribution in [1.82, 2.24) is 20.7 Å². The zero-order valence-electron chi connectivity index (χ0n) is 19.0. The summed E-state index contributed by atoms with van der Waals surface area (Å²) in [4.78, 5) is 43.3. The fraction of sp³-hybridized carbons (Fsp3) is 0.160. The largest absolute Gasteiger partial charge is 0.293 e. The number of carbonyl (C=O) groups is 3. The van der Waals surface area contributed by atoms with Gasteiger partial charge in [0.15, 0.2) is 4.34 Å². The van der Waals surface area contributed by atoms with E-state index in [1.165, 1.54) is 39.8 Å². The van der Waals surface area contributed by atoms with E-state index in [0.29, 0.717) is 22.2 Å². The normalized spacial score (nSPS) is 14.8. The highest BCUT2D eigenvalue weighted by Crippen LogP contribution is 2.31. The van der Waals surface area contributed by atoms with Crippen LogP contribution in [0.2, 0.25) is 0 Å². The number of benzene rings is 2. The molecule has 0 unspecified atom stereocenters. The van der Waals surface area contributed by atoms with E-state index in [1.807, 2.05) is 66.7 Å². The van der Waals surface area contributed by atoms with Crippen LogP contribution < -0.4 is 10.9 Å². The number of hydrazine groups is 1. The van der Waals surface area contributed by atoms with Gasteiger partial charge in [0.1, 0.15) is 4.32 Å². The fourth-order valence-electron chi connectivity index (χ4n) is 3.19. The van der Waals surface area contributed by atoms with Crippen molar-refractivity contribution in [2.45, 2.75) is 17.2 Å². The van der Waals surface area contributed by atoms with E-state index < -0.39 is 0 Å². The average Bonchev–Trinajstić information content (AvgIpc) is 3.42. The van der Waals surface area contributed by atoms with Crippen molar-refractivity contribution in [1.29, 1.82) is 0 Å². The summed E-state index contributed by atoms with van der Waals surface area (Å²) in [6.45, 7) is 0.333. The number of thiocarbonyl (C=S) groups is 1. The molecule has 2 N–H and O–H groups in total. The Kier molecular flexibility index (Phi) is 9.29. The highest BCUT2D eigenvalue weighted by atomic mass is 32.2. The lowest BCUT2D eigenvalue weighted by Crippen LogP contribution is -2.42. The molecule has 184 valence electrons. The van der Waals surface area contributed by atoms with Crippen molar-refractivity contribution in [2.75, 3.05) is 12.3 Å². The summed E-state index contributed by atoms with van der Waals surface area (Å²) in [7, 11) is 0. The summed E-state index contributed by atoms with van der Waals surface area (Å²) in [6, 6.07) is 17.6. The van der Waals surface area contributed by atoms with E-state index in [1.54, 1.807) is 6.08 Å². The van der Waals surface area contributed by atoms with Gasteiger partial charge in [-0.25, -0.2) is 4.98 Å². The monoisotopic (exact) mass is 554 g/mol. The molecule has 36 heavy (non-hydrogen) atoms. The third kappa shape index (κ3) is 7.26. The number of thioether (sulfide) groups is 2. The van der Waals surface area contributed by atoms with Crippen molar-refractivity contribution in [2.24, 2.45) is 0 Å². The maximum absolute atomic E-state index is 12.6. The van der Waals surface area contributed by atoms with E-state index >= 15 is 0 Å². The molecule has 1 fully saturated rings. The number of hydrogen-bond donors (Lipinski definition) is 2.